The Bertz CT molecular complexity index is 556. The van der Waals surface area contributed by atoms with Crippen LogP contribution in [-0.2, 0) is 12.4 Å². The van der Waals surface area contributed by atoms with Gasteiger partial charge in [-0.25, -0.2) is 18.2 Å². The second kappa shape index (κ2) is 4.86. The first-order valence-corrected chi connectivity index (χ1v) is 6.04. The van der Waals surface area contributed by atoms with Crippen molar-refractivity contribution in [2.75, 3.05) is 0 Å². The molecule has 0 saturated heterocycles. The molecule has 17 heavy (non-hydrogen) atoms. The molecule has 0 aliphatic carbocycles. The van der Waals surface area contributed by atoms with Crippen LogP contribution < -0.4 is 0 Å². The maximum absolute atomic E-state index is 13.3. The topological polar surface area (TPSA) is 17.8 Å². The summed E-state index contributed by atoms with van der Waals surface area (Å²) in [6, 6.07) is 2.62. The summed E-state index contributed by atoms with van der Waals surface area (Å²) in [5.74, 6) is -0.180. The smallest absolute Gasteiger partial charge is 0.256 e. The minimum atomic E-state index is -2.52. The van der Waals surface area contributed by atoms with Gasteiger partial charge >= 0.3 is 0 Å². The van der Waals surface area contributed by atoms with Gasteiger partial charge in [0.15, 0.2) is 0 Å². The van der Waals surface area contributed by atoms with Gasteiger partial charge in [0, 0.05) is 6.07 Å². The number of hydrogen-bond donors (Lipinski definition) is 0. The fourth-order valence-corrected chi connectivity index (χ4v) is 2.15. The molecular weight excluding hydrogens is 320 g/mol. The third-order valence-corrected chi connectivity index (χ3v) is 3.16. The van der Waals surface area contributed by atoms with E-state index in [1.165, 1.54) is 16.7 Å². The number of benzene rings is 1. The molecule has 2 aromatic rings. The van der Waals surface area contributed by atoms with E-state index in [1.54, 1.807) is 0 Å². The molecule has 0 aliphatic heterocycles. The van der Waals surface area contributed by atoms with Gasteiger partial charge < -0.3 is 4.57 Å². The van der Waals surface area contributed by atoms with Gasteiger partial charge in [-0.05, 0) is 22.0 Å². The molecule has 92 valence electrons. The highest BCUT2D eigenvalue weighted by atomic mass is 79.9. The normalized spacial score (nSPS) is 11.6. The Balaban J connectivity index is 2.65. The van der Waals surface area contributed by atoms with Gasteiger partial charge in [0.1, 0.15) is 11.6 Å². The second-order valence-electron chi connectivity index (χ2n) is 3.42. The highest BCUT2D eigenvalue weighted by molar-refractivity contribution is 9.10. The van der Waals surface area contributed by atoms with Crippen molar-refractivity contribution in [2.45, 2.75) is 18.9 Å². The van der Waals surface area contributed by atoms with E-state index >= 15 is 0 Å². The molecule has 1 aromatic heterocycles. The van der Waals surface area contributed by atoms with E-state index in [4.69, 9.17) is 11.6 Å². The molecule has 1 aromatic carbocycles. The fraction of sp³-hybridized carbons (Fsp3) is 0.300. The summed E-state index contributed by atoms with van der Waals surface area (Å²) in [6.07, 6.45) is -2.52. The van der Waals surface area contributed by atoms with E-state index in [-0.39, 0.29) is 10.4 Å². The molecule has 0 fully saturated rings. The lowest BCUT2D eigenvalue weighted by molar-refractivity contribution is 0.127. The van der Waals surface area contributed by atoms with Crippen LogP contribution in [0.5, 0.6) is 0 Å². The molecule has 0 unspecified atom stereocenters. The summed E-state index contributed by atoms with van der Waals surface area (Å²) >= 11 is 8.64. The molecular formula is C10H7BrClF3N2. The lowest BCUT2D eigenvalue weighted by Crippen LogP contribution is -2.09. The summed E-state index contributed by atoms with van der Waals surface area (Å²) < 4.78 is 39.7. The van der Waals surface area contributed by atoms with Gasteiger partial charge in [0.25, 0.3) is 6.43 Å². The summed E-state index contributed by atoms with van der Waals surface area (Å²) in [4.78, 5) is 4.02. The number of aromatic nitrogens is 2. The molecule has 1 heterocycles. The first kappa shape index (κ1) is 12.7. The Morgan fingerprint density at radius 3 is 2.71 bits per heavy atom. The van der Waals surface area contributed by atoms with Gasteiger partial charge in [-0.15, -0.1) is 11.6 Å². The van der Waals surface area contributed by atoms with Crippen LogP contribution in [0.1, 0.15) is 5.82 Å². The Morgan fingerprint density at radius 1 is 1.41 bits per heavy atom. The van der Waals surface area contributed by atoms with Crippen molar-refractivity contribution < 1.29 is 13.2 Å². The van der Waals surface area contributed by atoms with Crippen LogP contribution in [0.4, 0.5) is 13.2 Å². The first-order chi connectivity index (χ1) is 8.02. The second-order valence-corrected chi connectivity index (χ2v) is 4.54. The lowest BCUT2D eigenvalue weighted by atomic mass is 10.3. The quantitative estimate of drug-likeness (QED) is 0.781. The van der Waals surface area contributed by atoms with Gasteiger partial charge in [-0.2, -0.15) is 0 Å². The van der Waals surface area contributed by atoms with E-state index < -0.39 is 18.8 Å². The number of nitrogens with zero attached hydrogens (tertiary/aromatic N) is 2. The predicted molar refractivity (Wildman–Crippen MR) is 63.0 cm³/mol. The zero-order chi connectivity index (χ0) is 12.6. The van der Waals surface area contributed by atoms with E-state index in [0.717, 1.165) is 0 Å². The number of halogens is 5. The monoisotopic (exact) mass is 326 g/mol. The predicted octanol–water partition coefficient (Wildman–Crippen LogP) is 3.94. The van der Waals surface area contributed by atoms with Crippen molar-refractivity contribution in [3.63, 3.8) is 0 Å². The molecule has 0 saturated carbocycles. The van der Waals surface area contributed by atoms with Gasteiger partial charge in [0.2, 0.25) is 0 Å². The van der Waals surface area contributed by atoms with Crippen molar-refractivity contribution in [3.8, 4) is 0 Å². The van der Waals surface area contributed by atoms with Gasteiger partial charge in [0.05, 0.1) is 27.9 Å². The van der Waals surface area contributed by atoms with Crippen molar-refractivity contribution >= 4 is 38.6 Å². The highest BCUT2D eigenvalue weighted by Crippen LogP contribution is 2.25. The maximum Gasteiger partial charge on any atom is 0.256 e. The molecule has 0 N–H and O–H groups in total. The lowest BCUT2D eigenvalue weighted by Gasteiger charge is -2.06. The first-order valence-electron chi connectivity index (χ1n) is 4.71. The number of rotatable bonds is 3. The van der Waals surface area contributed by atoms with Crippen molar-refractivity contribution in [2.24, 2.45) is 0 Å². The summed E-state index contributed by atoms with van der Waals surface area (Å²) in [5.41, 5.74) is 0.760. The summed E-state index contributed by atoms with van der Waals surface area (Å²) in [6.45, 7) is -0.503. The summed E-state index contributed by atoms with van der Waals surface area (Å²) in [5, 5.41) is 0. The third kappa shape index (κ3) is 2.42. The van der Waals surface area contributed by atoms with Crippen LogP contribution in [0.25, 0.3) is 11.0 Å². The van der Waals surface area contributed by atoms with E-state index in [0.29, 0.717) is 16.9 Å². The van der Waals surface area contributed by atoms with E-state index in [2.05, 4.69) is 20.9 Å². The number of hydrogen-bond acceptors (Lipinski definition) is 1. The van der Waals surface area contributed by atoms with Crippen LogP contribution in [-0.4, -0.2) is 16.0 Å². The van der Waals surface area contributed by atoms with Crippen molar-refractivity contribution in [1.82, 2.24) is 9.55 Å². The Hall–Kier alpha value is -0.750. The fourth-order valence-electron chi connectivity index (χ4n) is 1.61. The largest absolute Gasteiger partial charge is 0.321 e. The van der Waals surface area contributed by atoms with Crippen molar-refractivity contribution in [1.29, 1.82) is 0 Å². The van der Waals surface area contributed by atoms with Crippen LogP contribution in [0, 0.1) is 5.82 Å². The molecule has 0 aliphatic rings. The Kier molecular flexibility index (Phi) is 3.63. The van der Waals surface area contributed by atoms with Gasteiger partial charge in [-0.1, -0.05) is 0 Å². The zero-order valence-corrected chi connectivity index (χ0v) is 10.8. The average molecular weight is 328 g/mol. The molecule has 2 nitrogen and oxygen atoms in total. The van der Waals surface area contributed by atoms with Crippen LogP contribution in [0.2, 0.25) is 0 Å². The third-order valence-electron chi connectivity index (χ3n) is 2.31. The molecule has 0 spiro atoms. The minimum absolute atomic E-state index is 0.000633. The molecule has 2 rings (SSSR count). The molecule has 0 radical (unpaired) electrons. The number of imidazole rings is 1. The standard InChI is InChI=1S/C10H7BrClF3N2/c11-5-1-8-7(2-6(5)13)16-10(3-12)17(8)4-9(14)15/h1-2,9H,3-4H2. The van der Waals surface area contributed by atoms with Crippen LogP contribution in [0.15, 0.2) is 16.6 Å². The Morgan fingerprint density at radius 2 is 2.12 bits per heavy atom. The molecule has 0 bridgehead atoms. The highest BCUT2D eigenvalue weighted by Gasteiger charge is 2.15. The molecule has 0 amide bonds. The Labute approximate surface area is 109 Å². The SMILES string of the molecule is Fc1cc2nc(CCl)n(CC(F)F)c2cc1Br. The van der Waals surface area contributed by atoms with Crippen LogP contribution >= 0.6 is 27.5 Å². The number of fused-ring (bicyclic) bond motifs is 1. The molecule has 0 atom stereocenters. The summed E-state index contributed by atoms with van der Waals surface area (Å²) in [7, 11) is 0. The van der Waals surface area contributed by atoms with Crippen molar-refractivity contribution in [3.05, 3.63) is 28.2 Å². The average Bonchev–Trinajstić information content (AvgIpc) is 2.57. The zero-order valence-electron chi connectivity index (χ0n) is 8.43. The van der Waals surface area contributed by atoms with Crippen LogP contribution in [0.3, 0.4) is 0 Å². The van der Waals surface area contributed by atoms with Gasteiger partial charge in [-0.3, -0.25) is 0 Å². The van der Waals surface area contributed by atoms with E-state index in [9.17, 15) is 13.2 Å². The number of alkyl halides is 3. The van der Waals surface area contributed by atoms with E-state index in [1.807, 2.05) is 0 Å². The molecule has 7 heteroatoms. The minimum Gasteiger partial charge on any atom is -0.321 e. The maximum atomic E-state index is 13.3.